The number of aromatic hydroxyl groups is 1. The minimum atomic E-state index is -0.454. The fourth-order valence-electron chi connectivity index (χ4n) is 3.58. The highest BCUT2D eigenvalue weighted by molar-refractivity contribution is 6.42. The van der Waals surface area contributed by atoms with Crippen molar-refractivity contribution in [2.45, 2.75) is 0 Å². The van der Waals surface area contributed by atoms with Crippen LogP contribution in [0.3, 0.4) is 0 Å². The zero-order valence-corrected chi connectivity index (χ0v) is 20.0. The molecule has 0 saturated heterocycles. The first kappa shape index (κ1) is 23.7. The largest absolute Gasteiger partial charge is 0.506 e. The van der Waals surface area contributed by atoms with Crippen LogP contribution in [0.5, 0.6) is 5.75 Å². The molecule has 170 valence electrons. The molecule has 2 N–H and O–H groups in total. The third kappa shape index (κ3) is 4.25. The van der Waals surface area contributed by atoms with Gasteiger partial charge in [-0.05, 0) is 29.8 Å². The standard InChI is InChI=1S/C23H15Cl4NO5/c1-28(2-3-29)23(32)11-5-15(25)14(24)4-10(11)22-12-6-16(26)18(30)8-20(12)33-21-9-19(31)17(27)7-13(21)22/h4-9,29-30H,2-3H2,1H3. The number of rotatable bonds is 4. The van der Waals surface area contributed by atoms with E-state index < -0.39 is 11.3 Å². The number of hydrogen-bond acceptors (Lipinski definition) is 5. The summed E-state index contributed by atoms with van der Waals surface area (Å²) in [5.74, 6) is -0.458. The van der Waals surface area contributed by atoms with E-state index in [2.05, 4.69) is 0 Å². The summed E-state index contributed by atoms with van der Waals surface area (Å²) in [5, 5.41) is 20.2. The fraction of sp³-hybridized carbons (Fsp3) is 0.130. The van der Waals surface area contributed by atoms with Crippen molar-refractivity contribution < 1.29 is 19.4 Å². The number of nitrogens with zero attached hydrogens (tertiary/aromatic N) is 1. The molecular weight excluding hydrogens is 512 g/mol. The van der Waals surface area contributed by atoms with Crippen molar-refractivity contribution in [3.05, 3.63) is 72.3 Å². The molecule has 10 heteroatoms. The first-order chi connectivity index (χ1) is 15.6. The summed E-state index contributed by atoms with van der Waals surface area (Å²) in [5.41, 5.74) is 1.21. The van der Waals surface area contributed by atoms with Gasteiger partial charge in [-0.15, -0.1) is 0 Å². The second-order valence-corrected chi connectivity index (χ2v) is 8.95. The van der Waals surface area contributed by atoms with Crippen molar-refractivity contribution in [1.82, 2.24) is 4.90 Å². The molecule has 1 aliphatic heterocycles. The van der Waals surface area contributed by atoms with E-state index in [9.17, 15) is 19.8 Å². The Hall–Kier alpha value is -2.48. The summed E-state index contributed by atoms with van der Waals surface area (Å²) in [7, 11) is 1.54. The molecule has 0 spiro atoms. The number of aliphatic hydroxyl groups is 1. The van der Waals surface area contributed by atoms with Crippen molar-refractivity contribution in [3.8, 4) is 28.2 Å². The van der Waals surface area contributed by atoms with Crippen LogP contribution in [-0.4, -0.2) is 41.2 Å². The van der Waals surface area contributed by atoms with E-state index in [0.29, 0.717) is 22.1 Å². The Labute approximate surface area is 207 Å². The molecule has 0 saturated carbocycles. The van der Waals surface area contributed by atoms with E-state index in [0.717, 1.165) is 0 Å². The van der Waals surface area contributed by atoms with Gasteiger partial charge in [-0.25, -0.2) is 0 Å². The van der Waals surface area contributed by atoms with Crippen molar-refractivity contribution in [3.63, 3.8) is 0 Å². The lowest BCUT2D eigenvalue weighted by molar-refractivity contribution is 0.0767. The first-order valence-corrected chi connectivity index (χ1v) is 11.1. The quantitative estimate of drug-likeness (QED) is 0.321. The molecule has 0 unspecified atom stereocenters. The Balaban J connectivity index is 2.18. The summed E-state index contributed by atoms with van der Waals surface area (Å²) in [6, 6.07) is 8.42. The highest BCUT2D eigenvalue weighted by atomic mass is 35.5. The third-order valence-electron chi connectivity index (χ3n) is 5.18. The first-order valence-electron chi connectivity index (χ1n) is 9.56. The smallest absolute Gasteiger partial charge is 0.254 e. The van der Waals surface area contributed by atoms with Crippen LogP contribution in [0.1, 0.15) is 10.4 Å². The predicted octanol–water partition coefficient (Wildman–Crippen LogP) is 5.95. The molecule has 1 amide bonds. The van der Waals surface area contributed by atoms with Gasteiger partial charge >= 0.3 is 0 Å². The Morgan fingerprint density at radius 2 is 1.61 bits per heavy atom. The van der Waals surface area contributed by atoms with Gasteiger partial charge in [0.25, 0.3) is 5.91 Å². The Kier molecular flexibility index (Phi) is 6.49. The van der Waals surface area contributed by atoms with Crippen LogP contribution >= 0.6 is 46.4 Å². The maximum absolute atomic E-state index is 13.3. The summed E-state index contributed by atoms with van der Waals surface area (Å²) in [6.07, 6.45) is 0. The van der Waals surface area contributed by atoms with Gasteiger partial charge in [-0.2, -0.15) is 0 Å². The second kappa shape index (κ2) is 9.05. The average Bonchev–Trinajstić information content (AvgIpc) is 2.76. The number of amides is 1. The normalized spacial score (nSPS) is 11.3. The van der Waals surface area contributed by atoms with Gasteiger partial charge in [0.05, 0.1) is 26.7 Å². The second-order valence-electron chi connectivity index (χ2n) is 7.32. The number of hydrogen-bond donors (Lipinski definition) is 2. The maximum atomic E-state index is 13.3. The van der Waals surface area contributed by atoms with E-state index in [1.54, 1.807) is 0 Å². The molecule has 0 atom stereocenters. The van der Waals surface area contributed by atoms with Crippen molar-refractivity contribution >= 4 is 63.3 Å². The molecule has 33 heavy (non-hydrogen) atoms. The van der Waals surface area contributed by atoms with Crippen molar-refractivity contribution in [2.75, 3.05) is 20.2 Å². The van der Waals surface area contributed by atoms with Gasteiger partial charge in [0, 0.05) is 47.8 Å². The highest BCUT2D eigenvalue weighted by Gasteiger charge is 2.26. The molecule has 4 rings (SSSR count). The molecule has 0 radical (unpaired) electrons. The van der Waals surface area contributed by atoms with Crippen LogP contribution < -0.4 is 5.43 Å². The Bertz CT molecular complexity index is 1450. The SMILES string of the molecule is CN(CCO)C(=O)c1cc(Cl)c(Cl)cc1-c1c2cc(Cl)c(=O)cc-2oc2cc(O)c(Cl)cc12. The van der Waals surface area contributed by atoms with Gasteiger partial charge in [0.2, 0.25) is 5.43 Å². The number of aliphatic hydroxyl groups excluding tert-OH is 1. The number of phenols is 1. The van der Waals surface area contributed by atoms with Gasteiger partial charge < -0.3 is 19.5 Å². The number of likely N-dealkylation sites (N-methyl/N-ethyl adjacent to an activating group) is 1. The van der Waals surface area contributed by atoms with Gasteiger partial charge in [-0.3, -0.25) is 9.59 Å². The summed E-state index contributed by atoms with van der Waals surface area (Å²) < 4.78 is 5.86. The Morgan fingerprint density at radius 1 is 0.939 bits per heavy atom. The van der Waals surface area contributed by atoms with Crippen LogP contribution in [0.2, 0.25) is 20.1 Å². The molecule has 0 bridgehead atoms. The minimum absolute atomic E-state index is 0.0477. The van der Waals surface area contributed by atoms with Crippen molar-refractivity contribution in [2.24, 2.45) is 0 Å². The lowest BCUT2D eigenvalue weighted by Gasteiger charge is -2.21. The minimum Gasteiger partial charge on any atom is -0.506 e. The zero-order valence-electron chi connectivity index (χ0n) is 17.0. The van der Waals surface area contributed by atoms with Gasteiger partial charge in [0.15, 0.2) is 0 Å². The highest BCUT2D eigenvalue weighted by Crippen LogP contribution is 2.45. The van der Waals surface area contributed by atoms with E-state index in [1.807, 2.05) is 0 Å². The van der Waals surface area contributed by atoms with E-state index in [-0.39, 0.29) is 55.9 Å². The molecule has 0 fully saturated rings. The summed E-state index contributed by atoms with van der Waals surface area (Å²) in [6.45, 7) is -0.138. The number of fused-ring (bicyclic) bond motifs is 2. The monoisotopic (exact) mass is 525 g/mol. The number of benzene rings is 3. The molecule has 1 aliphatic carbocycles. The Morgan fingerprint density at radius 3 is 2.30 bits per heavy atom. The lowest BCUT2D eigenvalue weighted by atomic mass is 9.90. The molecule has 2 aromatic rings. The van der Waals surface area contributed by atoms with Crippen LogP contribution in [-0.2, 0) is 0 Å². The van der Waals surface area contributed by atoms with Crippen molar-refractivity contribution in [1.29, 1.82) is 0 Å². The molecule has 2 aromatic carbocycles. The summed E-state index contributed by atoms with van der Waals surface area (Å²) >= 11 is 24.9. The number of halogens is 4. The van der Waals surface area contributed by atoms with Gasteiger partial charge in [0.1, 0.15) is 17.1 Å². The number of carbonyl (C=O) groups excluding carboxylic acids is 1. The topological polar surface area (TPSA) is 91.0 Å². The predicted molar refractivity (Wildman–Crippen MR) is 130 cm³/mol. The van der Waals surface area contributed by atoms with E-state index in [4.69, 9.17) is 50.8 Å². The maximum Gasteiger partial charge on any atom is 0.254 e. The number of phenolic OH excluding ortho intramolecular Hbond substituents is 1. The number of carbonyl (C=O) groups is 1. The molecule has 0 aromatic heterocycles. The molecule has 1 heterocycles. The average molecular weight is 527 g/mol. The molecule has 6 nitrogen and oxygen atoms in total. The van der Waals surface area contributed by atoms with Crippen LogP contribution in [0.25, 0.3) is 33.4 Å². The van der Waals surface area contributed by atoms with Crippen LogP contribution in [0, 0.1) is 0 Å². The zero-order chi connectivity index (χ0) is 24.0. The third-order valence-corrected chi connectivity index (χ3v) is 6.50. The van der Waals surface area contributed by atoms with E-state index >= 15 is 0 Å². The van der Waals surface area contributed by atoms with Gasteiger partial charge in [-0.1, -0.05) is 46.4 Å². The lowest BCUT2D eigenvalue weighted by Crippen LogP contribution is -2.30. The molecule has 2 aliphatic rings. The van der Waals surface area contributed by atoms with Crippen LogP contribution in [0.15, 0.2) is 45.6 Å². The molecular formula is C23H15Cl4NO5. The summed E-state index contributed by atoms with van der Waals surface area (Å²) in [4.78, 5) is 26.8. The van der Waals surface area contributed by atoms with Crippen LogP contribution in [0.4, 0.5) is 0 Å². The fourth-order valence-corrected chi connectivity index (χ4v) is 4.23. The van der Waals surface area contributed by atoms with E-state index in [1.165, 1.54) is 48.3 Å².